The molecule has 7 heteroatoms. The number of nitriles is 1. The van der Waals surface area contributed by atoms with E-state index in [1.807, 2.05) is 48.5 Å². The van der Waals surface area contributed by atoms with Crippen molar-refractivity contribution in [2.24, 2.45) is 5.73 Å². The number of hydrogen-bond donors (Lipinski definition) is 3. The lowest BCUT2D eigenvalue weighted by atomic mass is 10.2. The maximum absolute atomic E-state index is 10.8. The molecule has 2 aromatic rings. The Morgan fingerprint density at radius 1 is 0.926 bits per heavy atom. The minimum Gasteiger partial charge on any atom is -0.370 e. The van der Waals surface area contributed by atoms with Crippen molar-refractivity contribution in [3.63, 3.8) is 0 Å². The predicted molar refractivity (Wildman–Crippen MR) is 104 cm³/mol. The van der Waals surface area contributed by atoms with Gasteiger partial charge >= 0.3 is 0 Å². The van der Waals surface area contributed by atoms with Gasteiger partial charge in [0.05, 0.1) is 18.9 Å². The number of rotatable bonds is 0. The van der Waals surface area contributed by atoms with Crippen LogP contribution in [-0.4, -0.2) is 17.7 Å². The van der Waals surface area contributed by atoms with Crippen molar-refractivity contribution in [3.05, 3.63) is 59.7 Å². The Morgan fingerprint density at radius 3 is 1.52 bits per heavy atom. The van der Waals surface area contributed by atoms with Crippen LogP contribution in [0.15, 0.2) is 48.5 Å². The molecular weight excluding hydrogens is 344 g/mol. The molecule has 0 fully saturated rings. The molecule has 2 aliphatic rings. The van der Waals surface area contributed by atoms with Gasteiger partial charge in [-0.25, -0.2) is 0 Å². The summed E-state index contributed by atoms with van der Waals surface area (Å²) >= 11 is 0. The van der Waals surface area contributed by atoms with Gasteiger partial charge in [0.15, 0.2) is 0 Å². The van der Waals surface area contributed by atoms with Gasteiger partial charge in [-0.1, -0.05) is 36.4 Å². The number of para-hydroxylation sites is 2. The van der Waals surface area contributed by atoms with E-state index in [9.17, 15) is 14.4 Å². The highest BCUT2D eigenvalue weighted by atomic mass is 16.2. The van der Waals surface area contributed by atoms with Gasteiger partial charge in [-0.05, 0) is 23.3 Å². The van der Waals surface area contributed by atoms with Crippen LogP contribution in [0.5, 0.6) is 0 Å². The molecule has 140 valence electrons. The minimum atomic E-state index is -0.333. The summed E-state index contributed by atoms with van der Waals surface area (Å²) in [6.07, 6.45) is 1.08. The van der Waals surface area contributed by atoms with E-state index in [1.54, 1.807) is 6.07 Å². The quantitative estimate of drug-likeness (QED) is 0.662. The van der Waals surface area contributed by atoms with Crippen molar-refractivity contribution in [2.75, 3.05) is 10.6 Å². The Labute approximate surface area is 158 Å². The average Bonchev–Trinajstić information content (AvgIpc) is 3.15. The summed E-state index contributed by atoms with van der Waals surface area (Å²) < 4.78 is 0. The third kappa shape index (κ3) is 7.84. The summed E-state index contributed by atoms with van der Waals surface area (Å²) in [5, 5.41) is 12.8. The third-order valence-electron chi connectivity index (χ3n) is 3.28. The molecule has 2 aromatic carbocycles. The van der Waals surface area contributed by atoms with Crippen LogP contribution < -0.4 is 16.4 Å². The fraction of sp³-hybridized carbons (Fsp3) is 0.200. The van der Waals surface area contributed by atoms with Gasteiger partial charge in [-0.3, -0.25) is 14.4 Å². The SMILES string of the molecule is CC#N.CC(N)=O.O=C1Cc2ccccc2N1.O=C1Cc2ccccc2N1. The van der Waals surface area contributed by atoms with E-state index in [0.29, 0.717) is 12.8 Å². The highest BCUT2D eigenvalue weighted by Crippen LogP contribution is 2.21. The zero-order valence-corrected chi connectivity index (χ0v) is 15.3. The van der Waals surface area contributed by atoms with Gasteiger partial charge < -0.3 is 16.4 Å². The molecule has 0 spiro atoms. The number of nitrogens with one attached hydrogen (secondary N) is 2. The first kappa shape index (κ1) is 21.4. The first-order valence-electron chi connectivity index (χ1n) is 8.19. The van der Waals surface area contributed by atoms with Gasteiger partial charge in [-0.2, -0.15) is 5.26 Å². The molecule has 0 saturated heterocycles. The van der Waals surface area contributed by atoms with Crippen molar-refractivity contribution in [3.8, 4) is 6.07 Å². The van der Waals surface area contributed by atoms with Crippen molar-refractivity contribution in [1.29, 1.82) is 5.26 Å². The van der Waals surface area contributed by atoms with Crippen molar-refractivity contribution in [2.45, 2.75) is 26.7 Å². The second kappa shape index (κ2) is 11.1. The molecule has 3 amide bonds. The Bertz CT molecular complexity index is 739. The number of fused-ring (bicyclic) bond motifs is 2. The van der Waals surface area contributed by atoms with Gasteiger partial charge in [0.25, 0.3) is 0 Å². The molecule has 0 atom stereocenters. The van der Waals surface area contributed by atoms with Crippen molar-refractivity contribution in [1.82, 2.24) is 0 Å². The van der Waals surface area contributed by atoms with Crippen molar-refractivity contribution < 1.29 is 14.4 Å². The molecule has 0 bridgehead atoms. The molecule has 0 aliphatic carbocycles. The number of hydrogen-bond acceptors (Lipinski definition) is 4. The largest absolute Gasteiger partial charge is 0.370 e. The Balaban J connectivity index is 0.000000204. The fourth-order valence-electron chi connectivity index (χ4n) is 2.33. The summed E-state index contributed by atoms with van der Waals surface area (Å²) in [6.45, 7) is 2.74. The summed E-state index contributed by atoms with van der Waals surface area (Å²) in [7, 11) is 0. The fourth-order valence-corrected chi connectivity index (χ4v) is 2.33. The zero-order chi connectivity index (χ0) is 20.2. The number of nitrogens with zero attached hydrogens (tertiary/aromatic N) is 1. The van der Waals surface area contributed by atoms with E-state index in [2.05, 4.69) is 16.4 Å². The zero-order valence-electron chi connectivity index (χ0n) is 15.3. The number of carbonyl (C=O) groups is 3. The van der Waals surface area contributed by atoms with Crippen LogP contribution in [0.1, 0.15) is 25.0 Å². The first-order chi connectivity index (χ1) is 12.9. The van der Waals surface area contributed by atoms with Crippen molar-refractivity contribution >= 4 is 29.1 Å². The monoisotopic (exact) mass is 366 g/mol. The molecule has 2 heterocycles. The number of anilines is 2. The number of nitrogens with two attached hydrogens (primary N) is 1. The van der Waals surface area contributed by atoms with E-state index in [0.717, 1.165) is 22.5 Å². The molecule has 0 radical (unpaired) electrons. The smallest absolute Gasteiger partial charge is 0.228 e. The lowest BCUT2D eigenvalue weighted by Gasteiger charge is -1.93. The van der Waals surface area contributed by atoms with Crippen LogP contribution in [0.4, 0.5) is 11.4 Å². The lowest BCUT2D eigenvalue weighted by Crippen LogP contribution is -2.03. The summed E-state index contributed by atoms with van der Waals surface area (Å²) in [5.74, 6) is -0.137. The molecule has 4 N–H and O–H groups in total. The number of amides is 3. The van der Waals surface area contributed by atoms with E-state index in [4.69, 9.17) is 5.26 Å². The Morgan fingerprint density at radius 2 is 1.22 bits per heavy atom. The molecule has 4 rings (SSSR count). The Kier molecular flexibility index (Phi) is 8.75. The lowest BCUT2D eigenvalue weighted by molar-refractivity contribution is -0.116. The highest BCUT2D eigenvalue weighted by Gasteiger charge is 2.15. The molecule has 0 unspecified atom stereocenters. The maximum atomic E-state index is 10.8. The van der Waals surface area contributed by atoms with Crippen LogP contribution in [0, 0.1) is 11.3 Å². The van der Waals surface area contributed by atoms with Crippen LogP contribution in [0.2, 0.25) is 0 Å². The maximum Gasteiger partial charge on any atom is 0.228 e. The molecule has 0 aromatic heterocycles. The average molecular weight is 366 g/mol. The van der Waals surface area contributed by atoms with Crippen LogP contribution >= 0.6 is 0 Å². The molecule has 2 aliphatic heterocycles. The standard InChI is InChI=1S/2C8H7NO.C2H5NO.C2H3N/c2*10-8-5-6-3-1-2-4-7(6)9-8;1-2(3)4;1-2-3/h2*1-4H,5H2,(H,9,10);1H3,(H2,3,4);1H3. The van der Waals surface area contributed by atoms with E-state index < -0.39 is 0 Å². The van der Waals surface area contributed by atoms with Crippen LogP contribution in [0.3, 0.4) is 0 Å². The van der Waals surface area contributed by atoms with E-state index >= 15 is 0 Å². The molecule has 27 heavy (non-hydrogen) atoms. The van der Waals surface area contributed by atoms with Crippen LogP contribution in [0.25, 0.3) is 0 Å². The predicted octanol–water partition coefficient (Wildman–Crippen LogP) is 2.38. The topological polar surface area (TPSA) is 125 Å². The first-order valence-corrected chi connectivity index (χ1v) is 8.19. The number of carbonyl (C=O) groups excluding carboxylic acids is 3. The minimum absolute atomic E-state index is 0.0983. The highest BCUT2D eigenvalue weighted by molar-refractivity contribution is 5.99. The van der Waals surface area contributed by atoms with Crippen LogP contribution in [-0.2, 0) is 27.2 Å². The van der Waals surface area contributed by atoms with Gasteiger partial charge in [-0.15, -0.1) is 0 Å². The van der Waals surface area contributed by atoms with E-state index in [1.165, 1.54) is 13.8 Å². The Hall–Kier alpha value is -3.66. The number of benzene rings is 2. The van der Waals surface area contributed by atoms with Gasteiger partial charge in [0, 0.05) is 25.2 Å². The third-order valence-corrected chi connectivity index (χ3v) is 3.28. The normalized spacial score (nSPS) is 12.0. The molecule has 7 nitrogen and oxygen atoms in total. The molecular formula is C20H22N4O3. The summed E-state index contributed by atoms with van der Waals surface area (Å²) in [6, 6.07) is 17.2. The number of primary amides is 1. The van der Waals surface area contributed by atoms with E-state index in [-0.39, 0.29) is 17.7 Å². The summed E-state index contributed by atoms with van der Waals surface area (Å²) in [5.41, 5.74) is 8.61. The van der Waals surface area contributed by atoms with Gasteiger partial charge in [0.1, 0.15) is 0 Å². The summed E-state index contributed by atoms with van der Waals surface area (Å²) in [4.78, 5) is 30.8. The second-order valence-corrected chi connectivity index (χ2v) is 5.60. The van der Waals surface area contributed by atoms with Gasteiger partial charge in [0.2, 0.25) is 17.7 Å². The molecule has 0 saturated carbocycles. The second-order valence-electron chi connectivity index (χ2n) is 5.60.